The van der Waals surface area contributed by atoms with Crippen LogP contribution >= 0.6 is 0 Å². The molecule has 0 saturated carbocycles. The van der Waals surface area contributed by atoms with Gasteiger partial charge in [0.15, 0.2) is 5.78 Å². The Morgan fingerprint density at radius 1 is 1.09 bits per heavy atom. The smallest absolute Gasteiger partial charge is 0.192 e. The van der Waals surface area contributed by atoms with Crippen LogP contribution in [0, 0.1) is 5.41 Å². The summed E-state index contributed by atoms with van der Waals surface area (Å²) in [6.07, 6.45) is 3.02. The van der Waals surface area contributed by atoms with Gasteiger partial charge >= 0.3 is 0 Å². The molecule has 0 amide bonds. The maximum Gasteiger partial charge on any atom is 0.192 e. The fourth-order valence-electron chi connectivity index (χ4n) is 3.93. The molecule has 0 unspecified atom stereocenters. The number of para-hydroxylation sites is 2. The van der Waals surface area contributed by atoms with Gasteiger partial charge in [0.25, 0.3) is 0 Å². The van der Waals surface area contributed by atoms with Gasteiger partial charge in [-0.1, -0.05) is 12.1 Å². The number of nitrogens with zero attached hydrogens (tertiary/aromatic N) is 3. The first-order valence-corrected chi connectivity index (χ1v) is 7.82. The fourth-order valence-corrected chi connectivity index (χ4v) is 3.93. The minimum Gasteiger partial charge on any atom is -0.346 e. The van der Waals surface area contributed by atoms with Crippen molar-refractivity contribution >= 4 is 23.0 Å². The molecule has 0 aromatic heterocycles. The summed E-state index contributed by atoms with van der Waals surface area (Å²) < 4.78 is 0. The Hall–Kier alpha value is -2.30. The van der Waals surface area contributed by atoms with Crippen molar-refractivity contribution in [3.05, 3.63) is 35.7 Å². The molecule has 5 heteroatoms. The largest absolute Gasteiger partial charge is 0.346 e. The predicted octanol–water partition coefficient (Wildman–Crippen LogP) is 2.20. The van der Waals surface area contributed by atoms with E-state index in [-0.39, 0.29) is 11.8 Å². The van der Waals surface area contributed by atoms with E-state index in [1.165, 1.54) is 0 Å². The third-order valence-electron chi connectivity index (χ3n) is 5.04. The van der Waals surface area contributed by atoms with Crippen LogP contribution in [0.3, 0.4) is 0 Å². The molecule has 4 rings (SSSR count). The molecule has 0 aliphatic carbocycles. The highest BCUT2D eigenvalue weighted by Gasteiger charge is 2.45. The first-order valence-electron chi connectivity index (χ1n) is 7.82. The van der Waals surface area contributed by atoms with Crippen LogP contribution in [0.1, 0.15) is 19.3 Å². The maximum absolute atomic E-state index is 12.9. The Bertz CT molecular complexity index is 651. The van der Waals surface area contributed by atoms with Crippen molar-refractivity contribution in [1.29, 1.82) is 5.41 Å². The van der Waals surface area contributed by atoms with Crippen molar-refractivity contribution in [3.63, 3.8) is 0 Å². The number of nitrogens with one attached hydrogen (secondary N) is 1. The number of piperidine rings is 1. The van der Waals surface area contributed by atoms with Crippen LogP contribution in [0.15, 0.2) is 35.7 Å². The van der Waals surface area contributed by atoms with Crippen LogP contribution in [0.4, 0.5) is 11.4 Å². The second-order valence-electron chi connectivity index (χ2n) is 6.22. The third-order valence-corrected chi connectivity index (χ3v) is 5.04. The first-order chi connectivity index (χ1) is 10.6. The van der Waals surface area contributed by atoms with Crippen molar-refractivity contribution in [2.45, 2.75) is 25.3 Å². The Morgan fingerprint density at radius 3 is 2.32 bits per heavy atom. The van der Waals surface area contributed by atoms with E-state index in [1.807, 2.05) is 40.9 Å². The van der Waals surface area contributed by atoms with E-state index in [9.17, 15) is 4.79 Å². The van der Waals surface area contributed by atoms with Gasteiger partial charge < -0.3 is 14.7 Å². The van der Waals surface area contributed by atoms with Crippen molar-refractivity contribution in [2.75, 3.05) is 30.4 Å². The van der Waals surface area contributed by atoms with E-state index in [0.717, 1.165) is 43.0 Å². The average Bonchev–Trinajstić information content (AvgIpc) is 2.94. The summed E-state index contributed by atoms with van der Waals surface area (Å²) in [4.78, 5) is 18.9. The van der Waals surface area contributed by atoms with Crippen LogP contribution in [0.5, 0.6) is 0 Å². The monoisotopic (exact) mass is 296 g/mol. The number of hydrogen-bond donors (Lipinski definition) is 1. The lowest BCUT2D eigenvalue weighted by molar-refractivity contribution is -0.118. The van der Waals surface area contributed by atoms with Gasteiger partial charge in [0.1, 0.15) is 17.2 Å². The number of rotatable bonds is 0. The van der Waals surface area contributed by atoms with Gasteiger partial charge in [-0.2, -0.15) is 0 Å². The molecule has 2 fully saturated rings. The lowest BCUT2D eigenvalue weighted by Crippen LogP contribution is -2.39. The number of carbonyl (C=O) groups excluding carboxylic acids is 1. The Morgan fingerprint density at radius 2 is 1.73 bits per heavy atom. The number of hydrogen-bond acceptors (Lipinski definition) is 4. The third kappa shape index (κ3) is 1.59. The second kappa shape index (κ2) is 4.60. The van der Waals surface area contributed by atoms with Crippen LogP contribution in [-0.2, 0) is 4.79 Å². The highest BCUT2D eigenvalue weighted by molar-refractivity contribution is 6.28. The summed E-state index contributed by atoms with van der Waals surface area (Å²) in [6, 6.07) is 7.99. The average molecular weight is 296 g/mol. The van der Waals surface area contributed by atoms with Crippen molar-refractivity contribution in [2.24, 2.45) is 0 Å². The number of ketones is 1. The maximum atomic E-state index is 12.9. The Kier molecular flexibility index (Phi) is 2.79. The summed E-state index contributed by atoms with van der Waals surface area (Å²) in [6.45, 7) is 0.826. The van der Waals surface area contributed by atoms with E-state index >= 15 is 0 Å². The molecule has 2 saturated heterocycles. The number of amidine groups is 1. The van der Waals surface area contributed by atoms with E-state index in [1.54, 1.807) is 0 Å². The van der Waals surface area contributed by atoms with E-state index in [2.05, 4.69) is 12.1 Å². The van der Waals surface area contributed by atoms with Gasteiger partial charge in [0, 0.05) is 20.6 Å². The molecular weight excluding hydrogens is 276 g/mol. The van der Waals surface area contributed by atoms with Gasteiger partial charge in [-0.15, -0.1) is 0 Å². The van der Waals surface area contributed by atoms with E-state index < -0.39 is 0 Å². The molecule has 1 aromatic rings. The first kappa shape index (κ1) is 13.4. The fraction of sp³-hybridized carbons (Fsp3) is 0.412. The van der Waals surface area contributed by atoms with Crippen LogP contribution in [-0.4, -0.2) is 43.2 Å². The number of anilines is 2. The zero-order valence-corrected chi connectivity index (χ0v) is 13.0. The van der Waals surface area contributed by atoms with Crippen molar-refractivity contribution in [3.8, 4) is 0 Å². The number of benzene rings is 1. The number of Topliss-reactive ketones (excluding diaryl/α,β-unsaturated/α-hetero) is 1. The molecule has 0 bridgehead atoms. The van der Waals surface area contributed by atoms with Crippen LogP contribution < -0.4 is 9.80 Å². The highest BCUT2D eigenvalue weighted by atomic mass is 16.1. The van der Waals surface area contributed by atoms with E-state index in [4.69, 9.17) is 5.41 Å². The van der Waals surface area contributed by atoms with E-state index in [0.29, 0.717) is 11.4 Å². The molecule has 3 aliphatic rings. The highest BCUT2D eigenvalue weighted by Crippen LogP contribution is 2.42. The van der Waals surface area contributed by atoms with Crippen LogP contribution in [0.25, 0.3) is 0 Å². The van der Waals surface area contributed by atoms with Crippen molar-refractivity contribution in [1.82, 2.24) is 4.90 Å². The van der Waals surface area contributed by atoms with Gasteiger partial charge in [0.05, 0.1) is 17.4 Å². The summed E-state index contributed by atoms with van der Waals surface area (Å²) in [5, 5.41) is 8.51. The number of fused-ring (bicyclic) bond motifs is 2. The molecule has 3 heterocycles. The summed E-state index contributed by atoms with van der Waals surface area (Å²) >= 11 is 0. The zero-order chi connectivity index (χ0) is 15.4. The molecule has 5 nitrogen and oxygen atoms in total. The molecule has 22 heavy (non-hydrogen) atoms. The second-order valence-corrected chi connectivity index (χ2v) is 6.22. The molecule has 0 spiro atoms. The standard InChI is InChI=1S/C17H20N4O/c1-19-11-7-3-4-8-12(11)20(2)17(19)14-15(22)13-9-5-6-10-21(13)16(14)18/h3-4,7-8,13,18H,5-6,9-10H2,1-2H3/t13-/m0/s1. The molecule has 114 valence electrons. The summed E-state index contributed by atoms with van der Waals surface area (Å²) in [7, 11) is 3.95. The lowest BCUT2D eigenvalue weighted by atomic mass is 10.0. The van der Waals surface area contributed by atoms with Gasteiger partial charge in [-0.3, -0.25) is 10.2 Å². The summed E-state index contributed by atoms with van der Waals surface area (Å²) in [5.74, 6) is 1.35. The Balaban J connectivity index is 1.85. The molecule has 1 N–H and O–H groups in total. The number of carbonyl (C=O) groups is 1. The quantitative estimate of drug-likeness (QED) is 0.746. The lowest BCUT2D eigenvalue weighted by Gasteiger charge is -2.29. The minimum atomic E-state index is -0.116. The normalized spacial score (nSPS) is 24.3. The molecule has 0 radical (unpaired) electrons. The molecule has 1 atom stereocenters. The van der Waals surface area contributed by atoms with Gasteiger partial charge in [0.2, 0.25) is 0 Å². The van der Waals surface area contributed by atoms with Gasteiger partial charge in [-0.25, -0.2) is 0 Å². The summed E-state index contributed by atoms with van der Waals surface area (Å²) in [5.41, 5.74) is 2.74. The van der Waals surface area contributed by atoms with Crippen molar-refractivity contribution < 1.29 is 4.79 Å². The van der Waals surface area contributed by atoms with Gasteiger partial charge in [-0.05, 0) is 31.4 Å². The predicted molar refractivity (Wildman–Crippen MR) is 87.4 cm³/mol. The molecule has 1 aromatic carbocycles. The SMILES string of the molecule is CN1C(=C2C(=N)N3CCCC[C@H]3C2=O)N(C)c2ccccc21. The minimum absolute atomic E-state index is 0.116. The molecule has 3 aliphatic heterocycles. The molecular formula is C17H20N4O. The zero-order valence-electron chi connectivity index (χ0n) is 13.0. The van der Waals surface area contributed by atoms with Crippen LogP contribution in [0.2, 0.25) is 0 Å². The topological polar surface area (TPSA) is 50.6 Å². The Labute approximate surface area is 130 Å².